The number of nitrogens with zero attached hydrogens (tertiary/aromatic N) is 1. The molecule has 0 saturated heterocycles. The predicted molar refractivity (Wildman–Crippen MR) is 77.5 cm³/mol. The van der Waals surface area contributed by atoms with E-state index in [1.54, 1.807) is 13.2 Å². The number of aryl methyl sites for hydroxylation is 1. The third-order valence-electron chi connectivity index (χ3n) is 2.76. The minimum atomic E-state index is -4.61. The minimum absolute atomic E-state index is 0.175. The molecule has 8 heteroatoms. The molecule has 0 saturated carbocycles. The van der Waals surface area contributed by atoms with Crippen LogP contribution in [0.4, 0.5) is 18.9 Å². The van der Waals surface area contributed by atoms with Gasteiger partial charge in [0.2, 0.25) is 0 Å². The largest absolute Gasteiger partial charge is 0.418 e. The summed E-state index contributed by atoms with van der Waals surface area (Å²) in [5.41, 5.74) is -1.24. The van der Waals surface area contributed by atoms with Gasteiger partial charge in [0.1, 0.15) is 5.69 Å². The van der Waals surface area contributed by atoms with Crippen molar-refractivity contribution in [3.63, 3.8) is 0 Å². The van der Waals surface area contributed by atoms with Gasteiger partial charge < -0.3 is 9.88 Å². The van der Waals surface area contributed by atoms with E-state index >= 15 is 0 Å². The van der Waals surface area contributed by atoms with Crippen LogP contribution in [0.3, 0.4) is 0 Å². The minimum Gasteiger partial charge on any atom is -0.345 e. The number of halogens is 5. The number of hydrogen-bond donors (Lipinski definition) is 1. The Morgan fingerprint density at radius 1 is 1.38 bits per heavy atom. The number of alkyl halides is 3. The second-order valence-corrected chi connectivity index (χ2v) is 5.59. The van der Waals surface area contributed by atoms with E-state index in [0.717, 1.165) is 6.07 Å². The number of benzene rings is 1. The summed E-state index contributed by atoms with van der Waals surface area (Å²) in [4.78, 5) is 12.1. The lowest BCUT2D eigenvalue weighted by molar-refractivity contribution is -0.136. The van der Waals surface area contributed by atoms with Crippen molar-refractivity contribution in [2.75, 3.05) is 5.32 Å². The lowest BCUT2D eigenvalue weighted by Crippen LogP contribution is -2.19. The summed E-state index contributed by atoms with van der Waals surface area (Å²) < 4.78 is 41.0. The van der Waals surface area contributed by atoms with Crippen LogP contribution in [-0.2, 0) is 13.2 Å². The van der Waals surface area contributed by atoms with Crippen LogP contribution >= 0.6 is 27.5 Å². The fourth-order valence-electron chi connectivity index (χ4n) is 1.81. The first-order chi connectivity index (χ1) is 9.70. The molecule has 1 aromatic carbocycles. The Hall–Kier alpha value is -1.47. The summed E-state index contributed by atoms with van der Waals surface area (Å²) in [5, 5.41) is 2.05. The molecule has 1 aromatic heterocycles. The third kappa shape index (κ3) is 3.41. The van der Waals surface area contributed by atoms with Crippen molar-refractivity contribution in [1.82, 2.24) is 4.57 Å². The number of carbonyl (C=O) groups is 1. The molecule has 1 amide bonds. The lowest BCUT2D eigenvalue weighted by atomic mass is 10.1. The van der Waals surface area contributed by atoms with E-state index in [0.29, 0.717) is 4.47 Å². The van der Waals surface area contributed by atoms with Gasteiger partial charge in [0, 0.05) is 17.7 Å². The molecule has 0 unspecified atom stereocenters. The molecule has 0 aliphatic rings. The number of hydrogen-bond acceptors (Lipinski definition) is 1. The standard InChI is InChI=1S/C13H9BrClF3N2O/c1-20-6-7(14)5-10(20)12(21)19-11-8(13(16,17)18)3-2-4-9(11)15/h2-6H,1H3,(H,19,21). The molecule has 0 aliphatic heterocycles. The zero-order valence-corrected chi connectivity index (χ0v) is 13.0. The van der Waals surface area contributed by atoms with Gasteiger partial charge in [-0.25, -0.2) is 0 Å². The van der Waals surface area contributed by atoms with Gasteiger partial charge >= 0.3 is 6.18 Å². The average molecular weight is 382 g/mol. The Balaban J connectivity index is 2.40. The van der Waals surface area contributed by atoms with Gasteiger partial charge in [0.15, 0.2) is 0 Å². The van der Waals surface area contributed by atoms with Gasteiger partial charge in [-0.1, -0.05) is 17.7 Å². The highest BCUT2D eigenvalue weighted by Gasteiger charge is 2.35. The highest BCUT2D eigenvalue weighted by atomic mass is 79.9. The first-order valence-electron chi connectivity index (χ1n) is 5.69. The molecule has 21 heavy (non-hydrogen) atoms. The fraction of sp³-hybridized carbons (Fsp3) is 0.154. The van der Waals surface area contributed by atoms with Crippen LogP contribution in [0.5, 0.6) is 0 Å². The van der Waals surface area contributed by atoms with E-state index in [1.165, 1.54) is 22.8 Å². The molecule has 0 spiro atoms. The first-order valence-corrected chi connectivity index (χ1v) is 6.86. The monoisotopic (exact) mass is 380 g/mol. The molecule has 1 N–H and O–H groups in total. The van der Waals surface area contributed by atoms with Crippen molar-refractivity contribution in [2.45, 2.75) is 6.18 Å². The Bertz CT molecular complexity index is 697. The summed E-state index contributed by atoms with van der Waals surface area (Å²) in [6, 6.07) is 4.83. The zero-order valence-electron chi connectivity index (χ0n) is 10.6. The second kappa shape index (κ2) is 5.73. The van der Waals surface area contributed by atoms with Crippen molar-refractivity contribution in [3.05, 3.63) is 51.2 Å². The number of para-hydroxylation sites is 1. The van der Waals surface area contributed by atoms with Crippen molar-refractivity contribution in [2.24, 2.45) is 7.05 Å². The molecule has 2 rings (SSSR count). The highest BCUT2D eigenvalue weighted by molar-refractivity contribution is 9.10. The van der Waals surface area contributed by atoms with E-state index in [-0.39, 0.29) is 10.7 Å². The van der Waals surface area contributed by atoms with Crippen LogP contribution in [0, 0.1) is 0 Å². The molecule has 0 atom stereocenters. The number of rotatable bonds is 2. The lowest BCUT2D eigenvalue weighted by Gasteiger charge is -2.15. The zero-order chi connectivity index (χ0) is 15.8. The number of anilines is 1. The van der Waals surface area contributed by atoms with Gasteiger partial charge in [0.25, 0.3) is 5.91 Å². The van der Waals surface area contributed by atoms with Gasteiger partial charge in [-0.15, -0.1) is 0 Å². The summed E-state index contributed by atoms with van der Waals surface area (Å²) >= 11 is 8.97. The van der Waals surface area contributed by atoms with E-state index in [1.807, 2.05) is 0 Å². The quantitative estimate of drug-likeness (QED) is 0.803. The Labute approximate surface area is 131 Å². The Kier molecular flexibility index (Phi) is 4.34. The molecular weight excluding hydrogens is 373 g/mol. The van der Waals surface area contributed by atoms with Crippen molar-refractivity contribution in [3.8, 4) is 0 Å². The van der Waals surface area contributed by atoms with Crippen LogP contribution in [0.2, 0.25) is 5.02 Å². The average Bonchev–Trinajstić information content (AvgIpc) is 2.69. The Morgan fingerprint density at radius 3 is 2.57 bits per heavy atom. The van der Waals surface area contributed by atoms with Crippen LogP contribution in [-0.4, -0.2) is 10.5 Å². The van der Waals surface area contributed by atoms with E-state index < -0.39 is 23.3 Å². The van der Waals surface area contributed by atoms with E-state index in [2.05, 4.69) is 21.2 Å². The van der Waals surface area contributed by atoms with Gasteiger partial charge in [-0.05, 0) is 34.1 Å². The summed E-state index contributed by atoms with van der Waals surface area (Å²) in [7, 11) is 1.61. The maximum Gasteiger partial charge on any atom is 0.418 e. The Morgan fingerprint density at radius 2 is 2.05 bits per heavy atom. The second-order valence-electron chi connectivity index (χ2n) is 4.27. The van der Waals surface area contributed by atoms with Gasteiger partial charge in [-0.2, -0.15) is 13.2 Å². The first kappa shape index (κ1) is 15.9. The number of aromatic nitrogens is 1. The molecule has 1 heterocycles. The van der Waals surface area contributed by atoms with Crippen molar-refractivity contribution < 1.29 is 18.0 Å². The molecular formula is C13H9BrClF3N2O. The van der Waals surface area contributed by atoms with Crippen LogP contribution in [0.1, 0.15) is 16.1 Å². The van der Waals surface area contributed by atoms with Crippen LogP contribution in [0.15, 0.2) is 34.9 Å². The SMILES string of the molecule is Cn1cc(Br)cc1C(=O)Nc1c(Cl)cccc1C(F)(F)F. The molecule has 112 valence electrons. The third-order valence-corrected chi connectivity index (χ3v) is 3.51. The number of carbonyl (C=O) groups excluding carboxylic acids is 1. The highest BCUT2D eigenvalue weighted by Crippen LogP contribution is 2.38. The molecule has 2 aromatic rings. The summed E-state index contributed by atoms with van der Waals surface area (Å²) in [6.45, 7) is 0. The van der Waals surface area contributed by atoms with E-state index in [4.69, 9.17) is 11.6 Å². The normalized spacial score (nSPS) is 11.5. The maximum atomic E-state index is 12.9. The molecule has 0 bridgehead atoms. The predicted octanol–water partition coefficient (Wildman–Crippen LogP) is 4.71. The van der Waals surface area contributed by atoms with Crippen molar-refractivity contribution in [1.29, 1.82) is 0 Å². The van der Waals surface area contributed by atoms with Crippen LogP contribution < -0.4 is 5.32 Å². The van der Waals surface area contributed by atoms with E-state index in [9.17, 15) is 18.0 Å². The summed E-state index contributed by atoms with van der Waals surface area (Å²) in [6.07, 6.45) is -2.99. The number of nitrogens with one attached hydrogen (secondary N) is 1. The summed E-state index contributed by atoms with van der Waals surface area (Å²) in [5.74, 6) is -0.679. The maximum absolute atomic E-state index is 12.9. The van der Waals surface area contributed by atoms with Gasteiger partial charge in [-0.3, -0.25) is 4.79 Å². The van der Waals surface area contributed by atoms with Crippen molar-refractivity contribution >= 4 is 39.1 Å². The molecule has 0 fully saturated rings. The molecule has 0 radical (unpaired) electrons. The molecule has 0 aliphatic carbocycles. The topological polar surface area (TPSA) is 34.0 Å². The van der Waals surface area contributed by atoms with Crippen LogP contribution in [0.25, 0.3) is 0 Å². The molecule has 3 nitrogen and oxygen atoms in total. The fourth-order valence-corrected chi connectivity index (χ4v) is 2.56. The van der Waals surface area contributed by atoms with Gasteiger partial charge in [0.05, 0.1) is 16.3 Å². The number of amides is 1. The smallest absolute Gasteiger partial charge is 0.345 e.